The van der Waals surface area contributed by atoms with Crippen molar-refractivity contribution in [2.75, 3.05) is 46.4 Å². The zero-order valence-corrected chi connectivity index (χ0v) is 18.4. The monoisotopic (exact) mass is 412 g/mol. The van der Waals surface area contributed by atoms with Crippen molar-refractivity contribution < 1.29 is 19.0 Å². The van der Waals surface area contributed by atoms with E-state index in [1.165, 1.54) is 24.1 Å². The summed E-state index contributed by atoms with van der Waals surface area (Å²) in [6.45, 7) is 2.80. The Balaban J connectivity index is 1.64. The van der Waals surface area contributed by atoms with Gasteiger partial charge in [-0.3, -0.25) is 4.79 Å². The molecule has 1 fully saturated rings. The van der Waals surface area contributed by atoms with Gasteiger partial charge >= 0.3 is 0 Å². The summed E-state index contributed by atoms with van der Waals surface area (Å²) in [4.78, 5) is 17.0. The van der Waals surface area contributed by atoms with Crippen LogP contribution in [-0.4, -0.2) is 52.3 Å². The fourth-order valence-electron chi connectivity index (χ4n) is 3.98. The van der Waals surface area contributed by atoms with E-state index in [4.69, 9.17) is 14.2 Å². The Kier molecular flexibility index (Phi) is 7.44. The number of anilines is 1. The Morgan fingerprint density at radius 2 is 1.63 bits per heavy atom. The number of aryl methyl sites for hydroxylation is 1. The summed E-state index contributed by atoms with van der Waals surface area (Å²) in [6, 6.07) is 12.2. The van der Waals surface area contributed by atoms with Gasteiger partial charge in [0.1, 0.15) is 0 Å². The largest absolute Gasteiger partial charge is 0.493 e. The highest BCUT2D eigenvalue weighted by atomic mass is 16.5. The average Bonchev–Trinajstić information content (AvgIpc) is 3.31. The highest BCUT2D eigenvalue weighted by Gasteiger charge is 2.18. The quantitative estimate of drug-likeness (QED) is 0.625. The molecule has 3 rings (SSSR count). The summed E-state index contributed by atoms with van der Waals surface area (Å²) in [7, 11) is 6.65. The highest BCUT2D eigenvalue weighted by molar-refractivity contribution is 5.76. The lowest BCUT2D eigenvalue weighted by atomic mass is 10.1. The molecule has 0 radical (unpaired) electrons. The van der Waals surface area contributed by atoms with Crippen LogP contribution in [0.1, 0.15) is 30.4 Å². The van der Waals surface area contributed by atoms with E-state index in [1.54, 1.807) is 21.3 Å². The molecule has 1 aliphatic heterocycles. The van der Waals surface area contributed by atoms with Gasteiger partial charge in [0.25, 0.3) is 0 Å². The first kappa shape index (κ1) is 21.8. The molecule has 0 aromatic heterocycles. The third-order valence-corrected chi connectivity index (χ3v) is 5.62. The molecular formula is C24H32N2O4. The number of rotatable bonds is 9. The van der Waals surface area contributed by atoms with E-state index in [2.05, 4.69) is 23.1 Å². The van der Waals surface area contributed by atoms with Crippen molar-refractivity contribution >= 4 is 11.6 Å². The predicted octanol–water partition coefficient (Wildman–Crippen LogP) is 3.90. The van der Waals surface area contributed by atoms with Gasteiger partial charge in [-0.2, -0.15) is 0 Å². The second-order valence-corrected chi connectivity index (χ2v) is 7.61. The van der Waals surface area contributed by atoms with Gasteiger partial charge in [-0.05, 0) is 48.6 Å². The normalized spacial score (nSPS) is 13.3. The Hall–Kier alpha value is -2.89. The number of benzene rings is 2. The second-order valence-electron chi connectivity index (χ2n) is 7.61. The third kappa shape index (κ3) is 4.99. The number of hydrogen-bond acceptors (Lipinski definition) is 5. The zero-order chi connectivity index (χ0) is 21.5. The van der Waals surface area contributed by atoms with Crippen LogP contribution in [0.25, 0.3) is 0 Å². The summed E-state index contributed by atoms with van der Waals surface area (Å²) >= 11 is 0. The van der Waals surface area contributed by atoms with Crippen molar-refractivity contribution in [2.24, 2.45) is 0 Å². The van der Waals surface area contributed by atoms with Gasteiger partial charge in [-0.25, -0.2) is 0 Å². The molecule has 2 aromatic rings. The maximum Gasteiger partial charge on any atom is 0.222 e. The van der Waals surface area contributed by atoms with Crippen LogP contribution in [0.5, 0.6) is 17.2 Å². The number of methoxy groups -OCH3 is 3. The Labute approximate surface area is 179 Å². The van der Waals surface area contributed by atoms with Gasteiger partial charge in [0.15, 0.2) is 11.5 Å². The van der Waals surface area contributed by atoms with Crippen LogP contribution < -0.4 is 19.1 Å². The van der Waals surface area contributed by atoms with E-state index in [0.29, 0.717) is 36.6 Å². The molecule has 2 aromatic carbocycles. The van der Waals surface area contributed by atoms with Crippen LogP contribution in [-0.2, 0) is 17.8 Å². The van der Waals surface area contributed by atoms with Crippen molar-refractivity contribution in [3.63, 3.8) is 0 Å². The van der Waals surface area contributed by atoms with Gasteiger partial charge < -0.3 is 24.0 Å². The van der Waals surface area contributed by atoms with E-state index < -0.39 is 0 Å². The first-order valence-corrected chi connectivity index (χ1v) is 10.4. The van der Waals surface area contributed by atoms with Crippen LogP contribution in [0.3, 0.4) is 0 Å². The first-order chi connectivity index (χ1) is 14.6. The van der Waals surface area contributed by atoms with E-state index >= 15 is 0 Å². The maximum absolute atomic E-state index is 12.8. The summed E-state index contributed by atoms with van der Waals surface area (Å²) in [5.74, 6) is 1.88. The van der Waals surface area contributed by atoms with Crippen molar-refractivity contribution in [3.8, 4) is 17.2 Å². The number of para-hydroxylation sites is 1. The van der Waals surface area contributed by atoms with E-state index in [0.717, 1.165) is 18.7 Å². The second kappa shape index (κ2) is 10.2. The van der Waals surface area contributed by atoms with Gasteiger partial charge in [-0.1, -0.05) is 18.2 Å². The molecule has 0 aliphatic carbocycles. The molecule has 6 heteroatoms. The molecule has 1 heterocycles. The molecule has 162 valence electrons. The molecule has 1 amide bonds. The topological polar surface area (TPSA) is 51.2 Å². The molecule has 30 heavy (non-hydrogen) atoms. The van der Waals surface area contributed by atoms with Crippen LogP contribution in [0.4, 0.5) is 5.69 Å². The Bertz CT molecular complexity index is 837. The standard InChI is InChI=1S/C24H32N2O4/c1-25(17-19-9-5-6-10-20(19)26-13-7-8-14-26)23(27)12-11-18-15-21(28-2)24(30-4)22(16-18)29-3/h5-6,9-10,15-16H,7-8,11-14,17H2,1-4H3. The lowest BCUT2D eigenvalue weighted by molar-refractivity contribution is -0.130. The van der Waals surface area contributed by atoms with Crippen LogP contribution >= 0.6 is 0 Å². The third-order valence-electron chi connectivity index (χ3n) is 5.62. The van der Waals surface area contributed by atoms with E-state index in [9.17, 15) is 4.79 Å². The molecule has 0 unspecified atom stereocenters. The summed E-state index contributed by atoms with van der Waals surface area (Å²) in [5, 5.41) is 0. The lowest BCUT2D eigenvalue weighted by Crippen LogP contribution is -2.28. The van der Waals surface area contributed by atoms with Crippen molar-refractivity contribution in [1.82, 2.24) is 4.90 Å². The summed E-state index contributed by atoms with van der Waals surface area (Å²) in [5.41, 5.74) is 3.42. The van der Waals surface area contributed by atoms with Gasteiger partial charge in [0, 0.05) is 38.8 Å². The smallest absolute Gasteiger partial charge is 0.222 e. The van der Waals surface area contributed by atoms with Gasteiger partial charge in [0.05, 0.1) is 21.3 Å². The number of carbonyl (C=O) groups excluding carboxylic acids is 1. The minimum absolute atomic E-state index is 0.111. The minimum atomic E-state index is 0.111. The number of ether oxygens (including phenoxy) is 3. The molecule has 0 N–H and O–H groups in total. The van der Waals surface area contributed by atoms with Crippen LogP contribution in [0, 0.1) is 0 Å². The maximum atomic E-state index is 12.8. The first-order valence-electron chi connectivity index (χ1n) is 10.4. The fraction of sp³-hybridized carbons (Fsp3) is 0.458. The zero-order valence-electron chi connectivity index (χ0n) is 18.4. The summed E-state index contributed by atoms with van der Waals surface area (Å²) < 4.78 is 16.2. The van der Waals surface area contributed by atoms with Crippen molar-refractivity contribution in [2.45, 2.75) is 32.2 Å². The predicted molar refractivity (Wildman–Crippen MR) is 119 cm³/mol. The van der Waals surface area contributed by atoms with Gasteiger partial charge in [-0.15, -0.1) is 0 Å². The SMILES string of the molecule is COc1cc(CCC(=O)N(C)Cc2ccccc2N2CCCC2)cc(OC)c1OC. The molecular weight excluding hydrogens is 380 g/mol. The fourth-order valence-corrected chi connectivity index (χ4v) is 3.98. The Morgan fingerprint density at radius 1 is 1.00 bits per heavy atom. The van der Waals surface area contributed by atoms with Crippen molar-refractivity contribution in [3.05, 3.63) is 47.5 Å². The molecule has 0 spiro atoms. The molecule has 0 bridgehead atoms. The number of amides is 1. The molecule has 0 atom stereocenters. The molecule has 1 saturated heterocycles. The van der Waals surface area contributed by atoms with Crippen LogP contribution in [0.15, 0.2) is 36.4 Å². The molecule has 6 nitrogen and oxygen atoms in total. The van der Waals surface area contributed by atoms with Crippen LogP contribution in [0.2, 0.25) is 0 Å². The van der Waals surface area contributed by atoms with E-state index in [1.807, 2.05) is 30.1 Å². The van der Waals surface area contributed by atoms with Gasteiger partial charge in [0.2, 0.25) is 11.7 Å². The highest BCUT2D eigenvalue weighted by Crippen LogP contribution is 2.38. The number of hydrogen-bond donors (Lipinski definition) is 0. The minimum Gasteiger partial charge on any atom is -0.493 e. The van der Waals surface area contributed by atoms with Crippen molar-refractivity contribution in [1.29, 1.82) is 0 Å². The summed E-state index contributed by atoms with van der Waals surface area (Å²) in [6.07, 6.45) is 3.49. The number of nitrogens with zero attached hydrogens (tertiary/aromatic N) is 2. The van der Waals surface area contributed by atoms with E-state index in [-0.39, 0.29) is 5.91 Å². The Morgan fingerprint density at radius 3 is 2.23 bits per heavy atom. The number of carbonyl (C=O) groups is 1. The molecule has 1 aliphatic rings. The average molecular weight is 413 g/mol. The molecule has 0 saturated carbocycles. The lowest BCUT2D eigenvalue weighted by Gasteiger charge is -2.24.